The van der Waals surface area contributed by atoms with Crippen LogP contribution in [-0.2, 0) is 11.2 Å². The second-order valence-corrected chi connectivity index (χ2v) is 5.11. The van der Waals surface area contributed by atoms with Gasteiger partial charge in [-0.1, -0.05) is 25.0 Å². The Kier molecular flexibility index (Phi) is 7.87. The van der Waals surface area contributed by atoms with Crippen molar-refractivity contribution in [2.24, 2.45) is 5.73 Å². The van der Waals surface area contributed by atoms with E-state index in [4.69, 9.17) is 5.73 Å². The summed E-state index contributed by atoms with van der Waals surface area (Å²) in [4.78, 5) is 12.0. The molecule has 0 aliphatic rings. The van der Waals surface area contributed by atoms with E-state index >= 15 is 0 Å². The van der Waals surface area contributed by atoms with E-state index in [-0.39, 0.29) is 11.9 Å². The maximum absolute atomic E-state index is 12.0. The normalized spacial score (nSPS) is 12.3. The van der Waals surface area contributed by atoms with Crippen LogP contribution in [0.15, 0.2) is 6.20 Å². The lowest BCUT2D eigenvalue weighted by atomic mass is 10.2. The standard InChI is InChI=1S/C14H27N5O/c1-3-4-7-10-16-14(20)12(2)19-11-13(17-18-19)8-5-6-9-15/h11-12H,3-10,15H2,1-2H3,(H,16,20). The van der Waals surface area contributed by atoms with Gasteiger partial charge in [0, 0.05) is 12.7 Å². The molecule has 0 aromatic carbocycles. The number of amides is 1. The number of nitrogens with one attached hydrogen (secondary N) is 1. The van der Waals surface area contributed by atoms with Gasteiger partial charge in [0.2, 0.25) is 5.91 Å². The van der Waals surface area contributed by atoms with E-state index in [1.165, 1.54) is 0 Å². The van der Waals surface area contributed by atoms with Gasteiger partial charge in [-0.3, -0.25) is 4.79 Å². The summed E-state index contributed by atoms with van der Waals surface area (Å²) < 4.78 is 1.63. The first-order valence-electron chi connectivity index (χ1n) is 7.57. The summed E-state index contributed by atoms with van der Waals surface area (Å²) in [6.45, 7) is 5.42. The van der Waals surface area contributed by atoms with Crippen LogP contribution in [0.4, 0.5) is 0 Å². The van der Waals surface area contributed by atoms with Crippen molar-refractivity contribution in [2.45, 2.75) is 58.4 Å². The Morgan fingerprint density at radius 3 is 2.90 bits per heavy atom. The van der Waals surface area contributed by atoms with Crippen LogP contribution in [0.2, 0.25) is 0 Å². The van der Waals surface area contributed by atoms with Gasteiger partial charge in [0.1, 0.15) is 6.04 Å². The maximum atomic E-state index is 12.0. The molecule has 114 valence electrons. The lowest BCUT2D eigenvalue weighted by Crippen LogP contribution is -2.32. The van der Waals surface area contributed by atoms with Crippen LogP contribution in [0, 0.1) is 0 Å². The van der Waals surface area contributed by atoms with Gasteiger partial charge in [0.05, 0.1) is 5.69 Å². The Morgan fingerprint density at radius 2 is 2.20 bits per heavy atom. The van der Waals surface area contributed by atoms with Crippen molar-refractivity contribution in [3.8, 4) is 0 Å². The van der Waals surface area contributed by atoms with Crippen molar-refractivity contribution < 1.29 is 4.79 Å². The first-order valence-corrected chi connectivity index (χ1v) is 7.57. The zero-order valence-corrected chi connectivity index (χ0v) is 12.6. The highest BCUT2D eigenvalue weighted by Crippen LogP contribution is 2.07. The van der Waals surface area contributed by atoms with Crippen molar-refractivity contribution >= 4 is 5.91 Å². The summed E-state index contributed by atoms with van der Waals surface area (Å²) >= 11 is 0. The number of aryl methyl sites for hydroxylation is 1. The summed E-state index contributed by atoms with van der Waals surface area (Å²) in [5, 5.41) is 11.1. The van der Waals surface area contributed by atoms with E-state index in [2.05, 4.69) is 22.6 Å². The third-order valence-electron chi connectivity index (χ3n) is 3.30. The second-order valence-electron chi connectivity index (χ2n) is 5.11. The topological polar surface area (TPSA) is 85.8 Å². The fourth-order valence-electron chi connectivity index (χ4n) is 1.92. The second kappa shape index (κ2) is 9.47. The van der Waals surface area contributed by atoms with Crippen LogP contribution >= 0.6 is 0 Å². The zero-order chi connectivity index (χ0) is 14.8. The Bertz CT molecular complexity index is 391. The van der Waals surface area contributed by atoms with E-state index < -0.39 is 0 Å². The molecule has 0 bridgehead atoms. The van der Waals surface area contributed by atoms with Crippen LogP contribution in [0.3, 0.4) is 0 Å². The highest BCUT2D eigenvalue weighted by molar-refractivity contribution is 5.79. The molecule has 0 spiro atoms. The predicted octanol–water partition coefficient (Wildman–Crippen LogP) is 1.43. The number of rotatable bonds is 10. The van der Waals surface area contributed by atoms with Gasteiger partial charge in [0.15, 0.2) is 0 Å². The lowest BCUT2D eigenvalue weighted by molar-refractivity contribution is -0.124. The average Bonchev–Trinajstić information content (AvgIpc) is 2.91. The van der Waals surface area contributed by atoms with E-state index in [1.54, 1.807) is 4.68 Å². The average molecular weight is 281 g/mol. The lowest BCUT2D eigenvalue weighted by Gasteiger charge is -2.11. The summed E-state index contributed by atoms with van der Waals surface area (Å²) in [7, 11) is 0. The SMILES string of the molecule is CCCCCNC(=O)C(C)n1cc(CCCCN)nn1. The van der Waals surface area contributed by atoms with Crippen LogP contribution < -0.4 is 11.1 Å². The third-order valence-corrected chi connectivity index (χ3v) is 3.30. The number of nitrogens with zero attached hydrogens (tertiary/aromatic N) is 3. The number of hydrogen-bond acceptors (Lipinski definition) is 4. The molecule has 1 rings (SSSR count). The van der Waals surface area contributed by atoms with Gasteiger partial charge in [-0.2, -0.15) is 0 Å². The Balaban J connectivity index is 2.38. The highest BCUT2D eigenvalue weighted by Gasteiger charge is 2.15. The van der Waals surface area contributed by atoms with E-state index in [9.17, 15) is 4.79 Å². The summed E-state index contributed by atoms with van der Waals surface area (Å²) in [6, 6.07) is -0.313. The molecule has 0 saturated heterocycles. The molecule has 6 nitrogen and oxygen atoms in total. The quantitative estimate of drug-likeness (QED) is 0.635. The van der Waals surface area contributed by atoms with Crippen LogP contribution in [-0.4, -0.2) is 34.0 Å². The molecule has 0 fully saturated rings. The number of aromatic nitrogens is 3. The minimum Gasteiger partial charge on any atom is -0.354 e. The predicted molar refractivity (Wildman–Crippen MR) is 79.3 cm³/mol. The molecule has 0 aliphatic carbocycles. The van der Waals surface area contributed by atoms with Gasteiger partial charge in [-0.05, 0) is 39.2 Å². The van der Waals surface area contributed by atoms with Crippen LogP contribution in [0.1, 0.15) is 57.7 Å². The fraction of sp³-hybridized carbons (Fsp3) is 0.786. The van der Waals surface area contributed by atoms with Crippen molar-refractivity contribution in [1.82, 2.24) is 20.3 Å². The van der Waals surface area contributed by atoms with E-state index in [0.29, 0.717) is 6.54 Å². The van der Waals surface area contributed by atoms with Crippen LogP contribution in [0.5, 0.6) is 0 Å². The zero-order valence-electron chi connectivity index (χ0n) is 12.6. The number of carbonyl (C=O) groups is 1. The van der Waals surface area contributed by atoms with Crippen LogP contribution in [0.25, 0.3) is 0 Å². The molecule has 20 heavy (non-hydrogen) atoms. The molecule has 1 atom stereocenters. The fourth-order valence-corrected chi connectivity index (χ4v) is 1.92. The molecule has 1 aromatic rings. The summed E-state index contributed by atoms with van der Waals surface area (Å²) in [5.41, 5.74) is 6.38. The number of unbranched alkanes of at least 4 members (excludes halogenated alkanes) is 3. The number of hydrogen-bond donors (Lipinski definition) is 2. The molecule has 3 N–H and O–H groups in total. The summed E-state index contributed by atoms with van der Waals surface area (Å²) in [6.07, 6.45) is 8.03. The maximum Gasteiger partial charge on any atom is 0.244 e. The molecule has 1 heterocycles. The molecule has 6 heteroatoms. The Morgan fingerprint density at radius 1 is 1.40 bits per heavy atom. The largest absolute Gasteiger partial charge is 0.354 e. The first kappa shape index (κ1) is 16.6. The molecule has 1 aromatic heterocycles. The molecular weight excluding hydrogens is 254 g/mol. The van der Waals surface area contributed by atoms with Crippen molar-refractivity contribution in [2.75, 3.05) is 13.1 Å². The number of carbonyl (C=O) groups excluding carboxylic acids is 1. The van der Waals surface area contributed by atoms with Gasteiger partial charge in [0.25, 0.3) is 0 Å². The number of nitrogens with two attached hydrogens (primary N) is 1. The van der Waals surface area contributed by atoms with E-state index in [0.717, 1.165) is 50.8 Å². The molecule has 0 aliphatic heterocycles. The first-order chi connectivity index (χ1) is 9.69. The monoisotopic (exact) mass is 281 g/mol. The third kappa shape index (κ3) is 5.69. The van der Waals surface area contributed by atoms with Crippen molar-refractivity contribution in [3.05, 3.63) is 11.9 Å². The Labute approximate surface area is 121 Å². The van der Waals surface area contributed by atoms with E-state index in [1.807, 2.05) is 13.1 Å². The van der Waals surface area contributed by atoms with Gasteiger partial charge >= 0.3 is 0 Å². The van der Waals surface area contributed by atoms with Gasteiger partial charge < -0.3 is 11.1 Å². The smallest absolute Gasteiger partial charge is 0.244 e. The van der Waals surface area contributed by atoms with Gasteiger partial charge in [-0.25, -0.2) is 4.68 Å². The molecule has 0 radical (unpaired) electrons. The minimum absolute atomic E-state index is 0.000453. The van der Waals surface area contributed by atoms with Gasteiger partial charge in [-0.15, -0.1) is 5.10 Å². The molecular formula is C14H27N5O. The molecule has 1 unspecified atom stereocenters. The summed E-state index contributed by atoms with van der Waals surface area (Å²) in [5.74, 6) is -0.000453. The molecule has 1 amide bonds. The van der Waals surface area contributed by atoms with Crippen molar-refractivity contribution in [1.29, 1.82) is 0 Å². The van der Waals surface area contributed by atoms with Crippen molar-refractivity contribution in [3.63, 3.8) is 0 Å². The highest BCUT2D eigenvalue weighted by atomic mass is 16.2. The Hall–Kier alpha value is -1.43. The molecule has 0 saturated carbocycles. The minimum atomic E-state index is -0.313.